The van der Waals surface area contributed by atoms with Gasteiger partial charge in [0.1, 0.15) is 12.6 Å². The van der Waals surface area contributed by atoms with Crippen LogP contribution in [-0.2, 0) is 21.0 Å². The van der Waals surface area contributed by atoms with Crippen LogP contribution in [0, 0.1) is 0 Å². The summed E-state index contributed by atoms with van der Waals surface area (Å²) in [6.07, 6.45) is 5.78. The zero-order valence-electron chi connectivity index (χ0n) is 26.7. The molecule has 1 aliphatic heterocycles. The molecule has 0 aliphatic carbocycles. The van der Waals surface area contributed by atoms with E-state index in [1.165, 1.54) is 7.11 Å². The molecule has 1 atom stereocenters. The number of pyridine rings is 1. The van der Waals surface area contributed by atoms with Crippen molar-refractivity contribution < 1.29 is 19.1 Å². The minimum absolute atomic E-state index is 0.107. The molecule has 242 valence electrons. The molecule has 4 aromatic rings. The first-order valence-corrected chi connectivity index (χ1v) is 19.5. The smallest absolute Gasteiger partial charge is 0.411 e. The Morgan fingerprint density at radius 2 is 1.96 bits per heavy atom. The molecule has 2 aromatic heterocycles. The Morgan fingerprint density at radius 3 is 2.70 bits per heavy atom. The van der Waals surface area contributed by atoms with Gasteiger partial charge in [0.05, 0.1) is 30.1 Å². The summed E-state index contributed by atoms with van der Waals surface area (Å²) < 4.78 is 13.0. The van der Waals surface area contributed by atoms with Gasteiger partial charge in [-0.05, 0) is 61.4 Å². The molecule has 2 amide bonds. The van der Waals surface area contributed by atoms with Gasteiger partial charge in [0, 0.05) is 66.6 Å². The molecule has 0 fully saturated rings. The number of aromatic nitrogens is 3. The maximum Gasteiger partial charge on any atom is 0.411 e. The third kappa shape index (κ3) is 8.34. The van der Waals surface area contributed by atoms with E-state index in [-0.39, 0.29) is 11.8 Å². The van der Waals surface area contributed by atoms with Gasteiger partial charge in [-0.2, -0.15) is 0 Å². The Hall–Kier alpha value is -4.19. The van der Waals surface area contributed by atoms with E-state index in [9.17, 15) is 9.59 Å². The number of nitrogens with one attached hydrogen (secondary N) is 2. The van der Waals surface area contributed by atoms with Crippen molar-refractivity contribution in [1.29, 1.82) is 0 Å². The van der Waals surface area contributed by atoms with E-state index >= 15 is 0 Å². The van der Waals surface area contributed by atoms with E-state index in [0.29, 0.717) is 54.0 Å². The Labute approximate surface area is 275 Å². The van der Waals surface area contributed by atoms with E-state index < -0.39 is 14.2 Å². The summed E-state index contributed by atoms with van der Waals surface area (Å²) in [5.41, 5.74) is 11.9. The zero-order chi connectivity index (χ0) is 32.8. The highest BCUT2D eigenvalue weighted by Gasteiger charge is 2.25. The first-order chi connectivity index (χ1) is 22.0. The zero-order valence-corrected chi connectivity index (χ0v) is 28.5. The number of carbonyl (C=O) groups is 2. The van der Waals surface area contributed by atoms with Gasteiger partial charge in [-0.1, -0.05) is 43.7 Å². The van der Waals surface area contributed by atoms with E-state index in [1.54, 1.807) is 24.3 Å². The molecule has 0 saturated carbocycles. The van der Waals surface area contributed by atoms with Gasteiger partial charge in [0.15, 0.2) is 0 Å². The molecular weight excluding hydrogens is 620 g/mol. The Bertz CT molecular complexity index is 1700. The van der Waals surface area contributed by atoms with Crippen molar-refractivity contribution in [1.82, 2.24) is 14.5 Å². The van der Waals surface area contributed by atoms with Crippen LogP contribution in [0.5, 0.6) is 0 Å². The number of nitrogens with zero attached hydrogens (tertiary/aromatic N) is 3. The van der Waals surface area contributed by atoms with Gasteiger partial charge in [0.2, 0.25) is 5.91 Å². The minimum Gasteiger partial charge on any atom is -0.453 e. The summed E-state index contributed by atoms with van der Waals surface area (Å²) in [4.78, 5) is 35.0. The van der Waals surface area contributed by atoms with Crippen molar-refractivity contribution >= 4 is 48.7 Å². The Balaban J connectivity index is 1.56. The summed E-state index contributed by atoms with van der Waals surface area (Å²) >= 11 is 6.26. The number of amides is 2. The van der Waals surface area contributed by atoms with Gasteiger partial charge in [-0.3, -0.25) is 15.1 Å². The molecule has 0 spiro atoms. The van der Waals surface area contributed by atoms with E-state index in [2.05, 4.69) is 34.8 Å². The highest BCUT2D eigenvalue weighted by Crippen LogP contribution is 2.36. The van der Waals surface area contributed by atoms with E-state index in [1.807, 2.05) is 36.7 Å². The van der Waals surface area contributed by atoms with Crippen LogP contribution in [0.1, 0.15) is 43.1 Å². The number of hydrogen-bond donors (Lipinski definition) is 3. The second kappa shape index (κ2) is 14.5. The summed E-state index contributed by atoms with van der Waals surface area (Å²) in [5.74, 6) is 0.580. The summed E-state index contributed by atoms with van der Waals surface area (Å²) in [7, 11) is 0.0241. The van der Waals surface area contributed by atoms with Crippen molar-refractivity contribution in [3.8, 4) is 22.4 Å². The van der Waals surface area contributed by atoms with E-state index in [0.717, 1.165) is 47.1 Å². The number of nitrogen functional groups attached to an aromatic ring is 1. The maximum absolute atomic E-state index is 13.0. The molecule has 12 heteroatoms. The summed E-state index contributed by atoms with van der Waals surface area (Å²) in [6.45, 7) is 7.99. The number of ether oxygens (including phenoxy) is 2. The Morgan fingerprint density at radius 1 is 1.13 bits per heavy atom. The first-order valence-electron chi connectivity index (χ1n) is 15.5. The lowest BCUT2D eigenvalue weighted by Gasteiger charge is -2.20. The maximum atomic E-state index is 13.0. The fourth-order valence-corrected chi connectivity index (χ4v) is 6.33. The molecule has 5 rings (SSSR count). The number of rotatable bonds is 8. The average molecular weight is 661 g/mol. The highest BCUT2D eigenvalue weighted by atomic mass is 35.5. The molecule has 10 nitrogen and oxygen atoms in total. The van der Waals surface area contributed by atoms with Gasteiger partial charge in [0.25, 0.3) is 0 Å². The molecule has 1 aliphatic rings. The van der Waals surface area contributed by atoms with Crippen LogP contribution in [0.15, 0.2) is 60.9 Å². The van der Waals surface area contributed by atoms with Crippen molar-refractivity contribution in [2.24, 2.45) is 0 Å². The van der Waals surface area contributed by atoms with Gasteiger partial charge in [-0.25, -0.2) is 9.78 Å². The molecule has 3 heterocycles. The topological polar surface area (TPSA) is 133 Å². The number of hydrogen-bond acceptors (Lipinski definition) is 7. The lowest BCUT2D eigenvalue weighted by atomic mass is 9.95. The van der Waals surface area contributed by atoms with Crippen molar-refractivity contribution in [3.63, 3.8) is 0 Å². The monoisotopic (exact) mass is 660 g/mol. The quantitative estimate of drug-likeness (QED) is 0.0991. The molecular formula is C34H41ClN6O4Si. The molecule has 1 unspecified atom stereocenters. The number of methoxy groups -OCH3 is 1. The molecule has 2 aromatic carbocycles. The fraction of sp³-hybridized carbons (Fsp3) is 0.353. The molecule has 4 N–H and O–H groups in total. The van der Waals surface area contributed by atoms with Crippen LogP contribution in [-0.4, -0.2) is 48.3 Å². The molecule has 46 heavy (non-hydrogen) atoms. The van der Waals surface area contributed by atoms with Crippen molar-refractivity contribution in [3.05, 3.63) is 77.5 Å². The third-order valence-electron chi connectivity index (χ3n) is 7.96. The first kappa shape index (κ1) is 33.2. The van der Waals surface area contributed by atoms with Gasteiger partial charge in [-0.15, -0.1) is 0 Å². The molecule has 2 bridgehead atoms. The predicted octanol–water partition coefficient (Wildman–Crippen LogP) is 7.98. The number of carbonyl (C=O) groups excluding carboxylic acids is 2. The summed E-state index contributed by atoms with van der Waals surface area (Å²) in [5, 5.41) is 6.31. The number of imidazole rings is 1. The standard InChI is InChI=1S/C34H41ClN6O4Si/c1-44-34(43)38-24-11-12-25-30(18-24)39-32(42)8-6-5-7-26(33-40-31(25)20-41(33)21-45-15-16-46(2,3)4)29-14-9-22(19-37-29)27-17-23(35)10-13-28(27)36/h9-14,17-20,26H,5-8,15-16,21,36H2,1-4H3,(H,38,43)(H,39,42). The van der Waals surface area contributed by atoms with Crippen LogP contribution < -0.4 is 16.4 Å². The minimum atomic E-state index is -1.28. The SMILES string of the molecule is COC(=O)Nc1ccc2c(c1)NC(=O)CCCCC(c1ccc(-c3cc(Cl)ccc3N)cn1)c1nc-2cn1COCC[Si](C)(C)C. The van der Waals surface area contributed by atoms with Crippen LogP contribution in [0.2, 0.25) is 30.7 Å². The van der Waals surface area contributed by atoms with Crippen molar-refractivity contribution in [2.75, 3.05) is 30.1 Å². The highest BCUT2D eigenvalue weighted by molar-refractivity contribution is 6.76. The van der Waals surface area contributed by atoms with Crippen LogP contribution in [0.3, 0.4) is 0 Å². The second-order valence-corrected chi connectivity index (χ2v) is 18.8. The number of benzene rings is 2. The van der Waals surface area contributed by atoms with E-state index in [4.69, 9.17) is 36.8 Å². The molecule has 0 radical (unpaired) electrons. The third-order valence-corrected chi connectivity index (χ3v) is 9.90. The number of anilines is 3. The predicted molar refractivity (Wildman–Crippen MR) is 186 cm³/mol. The van der Waals surface area contributed by atoms with Crippen LogP contribution in [0.4, 0.5) is 21.9 Å². The van der Waals surface area contributed by atoms with Gasteiger partial charge < -0.3 is 25.1 Å². The molecule has 0 saturated heterocycles. The largest absolute Gasteiger partial charge is 0.453 e. The summed E-state index contributed by atoms with van der Waals surface area (Å²) in [6, 6.07) is 15.8. The normalized spacial score (nSPS) is 15.2. The van der Waals surface area contributed by atoms with Gasteiger partial charge >= 0.3 is 6.09 Å². The number of nitrogens with two attached hydrogens (primary N) is 1. The second-order valence-electron chi connectivity index (χ2n) is 12.7. The van der Waals surface area contributed by atoms with Crippen molar-refractivity contribution in [2.45, 2.75) is 64.0 Å². The number of fused-ring (bicyclic) bond motifs is 4. The fourth-order valence-electron chi connectivity index (χ4n) is 5.41. The van der Waals surface area contributed by atoms with Crippen LogP contribution in [0.25, 0.3) is 22.4 Å². The lowest BCUT2D eigenvalue weighted by Crippen LogP contribution is -2.22. The number of halogens is 1. The Kier molecular flexibility index (Phi) is 10.4. The van der Waals surface area contributed by atoms with Crippen LogP contribution >= 0.6 is 11.6 Å². The average Bonchev–Trinajstić information content (AvgIpc) is 3.43. The lowest BCUT2D eigenvalue weighted by molar-refractivity contribution is -0.116.